The second-order valence-electron chi connectivity index (χ2n) is 5.51. The van der Waals surface area contributed by atoms with Crippen LogP contribution in [0.25, 0.3) is 10.9 Å². The van der Waals surface area contributed by atoms with Crippen LogP contribution in [0.2, 0.25) is 0 Å². The number of benzene rings is 2. The summed E-state index contributed by atoms with van der Waals surface area (Å²) in [5.74, 6) is 0. The highest BCUT2D eigenvalue weighted by molar-refractivity contribution is 5.83. The van der Waals surface area contributed by atoms with Gasteiger partial charge in [-0.2, -0.15) is 0 Å². The Balaban J connectivity index is 1.87. The van der Waals surface area contributed by atoms with E-state index in [1.54, 1.807) is 0 Å². The zero-order valence-corrected chi connectivity index (χ0v) is 12.2. The van der Waals surface area contributed by atoms with E-state index < -0.39 is 0 Å². The third-order valence-corrected chi connectivity index (χ3v) is 3.84. The van der Waals surface area contributed by atoms with Crippen molar-refractivity contribution in [3.63, 3.8) is 0 Å². The van der Waals surface area contributed by atoms with Crippen LogP contribution in [0.5, 0.6) is 0 Å². The molecule has 0 fully saturated rings. The SMILES string of the molecule is Cc1ccc(C)c(C(C)Nc2ccc3[nH]ccc3c2)c1. The number of nitrogens with one attached hydrogen (secondary N) is 2. The largest absolute Gasteiger partial charge is 0.378 e. The Bertz CT molecular complexity index is 740. The van der Waals surface area contributed by atoms with Crippen molar-refractivity contribution in [3.05, 3.63) is 65.4 Å². The molecule has 0 spiro atoms. The highest BCUT2D eigenvalue weighted by Crippen LogP contribution is 2.25. The summed E-state index contributed by atoms with van der Waals surface area (Å²) >= 11 is 0. The first-order valence-corrected chi connectivity index (χ1v) is 7.04. The lowest BCUT2D eigenvalue weighted by Gasteiger charge is -2.18. The molecule has 0 amide bonds. The fourth-order valence-corrected chi connectivity index (χ4v) is 2.70. The Kier molecular flexibility index (Phi) is 3.23. The second kappa shape index (κ2) is 5.04. The molecular formula is C18H20N2. The third kappa shape index (κ3) is 2.42. The lowest BCUT2D eigenvalue weighted by Crippen LogP contribution is -2.08. The predicted molar refractivity (Wildman–Crippen MR) is 86.3 cm³/mol. The van der Waals surface area contributed by atoms with E-state index in [0.717, 1.165) is 5.69 Å². The van der Waals surface area contributed by atoms with Gasteiger partial charge in [0.2, 0.25) is 0 Å². The topological polar surface area (TPSA) is 27.8 Å². The Morgan fingerprint density at radius 2 is 1.85 bits per heavy atom. The van der Waals surface area contributed by atoms with Gasteiger partial charge < -0.3 is 10.3 Å². The minimum atomic E-state index is 0.297. The molecule has 0 saturated heterocycles. The van der Waals surface area contributed by atoms with Gasteiger partial charge in [-0.05, 0) is 56.2 Å². The minimum Gasteiger partial charge on any atom is -0.378 e. The molecule has 2 aromatic carbocycles. The molecule has 0 radical (unpaired) electrons. The van der Waals surface area contributed by atoms with Crippen LogP contribution in [-0.2, 0) is 0 Å². The van der Waals surface area contributed by atoms with Gasteiger partial charge in [0.1, 0.15) is 0 Å². The fraction of sp³-hybridized carbons (Fsp3) is 0.222. The van der Waals surface area contributed by atoms with Crippen molar-refractivity contribution in [2.75, 3.05) is 5.32 Å². The summed E-state index contributed by atoms with van der Waals surface area (Å²) in [7, 11) is 0. The van der Waals surface area contributed by atoms with Crippen LogP contribution < -0.4 is 5.32 Å². The molecule has 2 N–H and O–H groups in total. The van der Waals surface area contributed by atoms with Gasteiger partial charge in [-0.15, -0.1) is 0 Å². The maximum atomic E-state index is 3.59. The van der Waals surface area contributed by atoms with Crippen molar-refractivity contribution in [3.8, 4) is 0 Å². The van der Waals surface area contributed by atoms with E-state index in [-0.39, 0.29) is 0 Å². The molecule has 1 unspecified atom stereocenters. The first-order valence-electron chi connectivity index (χ1n) is 7.04. The molecule has 1 atom stereocenters. The van der Waals surface area contributed by atoms with Gasteiger partial charge in [0.05, 0.1) is 0 Å². The number of rotatable bonds is 3. The monoisotopic (exact) mass is 264 g/mol. The fourth-order valence-electron chi connectivity index (χ4n) is 2.70. The van der Waals surface area contributed by atoms with E-state index in [9.17, 15) is 0 Å². The van der Waals surface area contributed by atoms with Crippen molar-refractivity contribution in [1.29, 1.82) is 0 Å². The molecule has 0 saturated carbocycles. The zero-order valence-electron chi connectivity index (χ0n) is 12.2. The Morgan fingerprint density at radius 3 is 2.70 bits per heavy atom. The van der Waals surface area contributed by atoms with E-state index >= 15 is 0 Å². The average molecular weight is 264 g/mol. The second-order valence-corrected chi connectivity index (χ2v) is 5.51. The predicted octanol–water partition coefficient (Wildman–Crippen LogP) is 4.96. The summed E-state index contributed by atoms with van der Waals surface area (Å²) in [6.45, 7) is 6.52. The van der Waals surface area contributed by atoms with Crippen LogP contribution in [0.4, 0.5) is 5.69 Å². The minimum absolute atomic E-state index is 0.297. The molecule has 0 aliphatic heterocycles. The van der Waals surface area contributed by atoms with Crippen molar-refractivity contribution in [2.45, 2.75) is 26.8 Å². The molecular weight excluding hydrogens is 244 g/mol. The van der Waals surface area contributed by atoms with Crippen molar-refractivity contribution in [1.82, 2.24) is 4.98 Å². The number of aryl methyl sites for hydroxylation is 2. The molecule has 20 heavy (non-hydrogen) atoms. The van der Waals surface area contributed by atoms with Crippen molar-refractivity contribution in [2.24, 2.45) is 0 Å². The van der Waals surface area contributed by atoms with Gasteiger partial charge in [0.25, 0.3) is 0 Å². The van der Waals surface area contributed by atoms with E-state index in [0.29, 0.717) is 6.04 Å². The Hall–Kier alpha value is -2.22. The zero-order chi connectivity index (χ0) is 14.1. The lowest BCUT2D eigenvalue weighted by atomic mass is 10.00. The molecule has 2 heteroatoms. The van der Waals surface area contributed by atoms with Gasteiger partial charge >= 0.3 is 0 Å². The maximum Gasteiger partial charge on any atom is 0.0488 e. The smallest absolute Gasteiger partial charge is 0.0488 e. The summed E-state index contributed by atoms with van der Waals surface area (Å²) < 4.78 is 0. The number of H-pyrrole nitrogens is 1. The first kappa shape index (κ1) is 12.8. The molecule has 0 aliphatic carbocycles. The van der Waals surface area contributed by atoms with Crippen LogP contribution in [0.15, 0.2) is 48.7 Å². The summed E-state index contributed by atoms with van der Waals surface area (Å²) in [5.41, 5.74) is 6.33. The van der Waals surface area contributed by atoms with E-state index in [1.807, 2.05) is 6.20 Å². The van der Waals surface area contributed by atoms with Crippen LogP contribution >= 0.6 is 0 Å². The number of aromatic nitrogens is 1. The standard InChI is InChI=1S/C18H20N2/c1-12-4-5-13(2)17(10-12)14(3)20-16-6-7-18-15(11-16)8-9-19-18/h4-11,14,19-20H,1-3H3. The van der Waals surface area contributed by atoms with Crippen molar-refractivity contribution >= 4 is 16.6 Å². The summed E-state index contributed by atoms with van der Waals surface area (Å²) in [5, 5.41) is 4.83. The Labute approximate surface area is 119 Å². The third-order valence-electron chi connectivity index (χ3n) is 3.84. The maximum absolute atomic E-state index is 3.59. The first-order chi connectivity index (χ1) is 9.63. The number of hydrogen-bond donors (Lipinski definition) is 2. The average Bonchev–Trinajstić information content (AvgIpc) is 2.89. The van der Waals surface area contributed by atoms with E-state index in [2.05, 4.69) is 73.5 Å². The van der Waals surface area contributed by atoms with Crippen LogP contribution in [0.1, 0.15) is 29.7 Å². The van der Waals surface area contributed by atoms with Gasteiger partial charge in [0.15, 0.2) is 0 Å². The number of aromatic amines is 1. The van der Waals surface area contributed by atoms with E-state index in [4.69, 9.17) is 0 Å². The normalized spacial score (nSPS) is 12.6. The molecule has 1 heterocycles. The van der Waals surface area contributed by atoms with E-state index in [1.165, 1.54) is 27.6 Å². The van der Waals surface area contributed by atoms with Crippen LogP contribution in [0, 0.1) is 13.8 Å². The molecule has 3 aromatic rings. The van der Waals surface area contributed by atoms with Gasteiger partial charge in [0, 0.05) is 28.8 Å². The summed E-state index contributed by atoms with van der Waals surface area (Å²) in [6.07, 6.45) is 1.97. The quantitative estimate of drug-likeness (QED) is 0.687. The molecule has 2 nitrogen and oxygen atoms in total. The van der Waals surface area contributed by atoms with Crippen LogP contribution in [0.3, 0.4) is 0 Å². The summed E-state index contributed by atoms with van der Waals surface area (Å²) in [4.78, 5) is 3.22. The molecule has 0 bridgehead atoms. The lowest BCUT2D eigenvalue weighted by molar-refractivity contribution is 0.872. The highest BCUT2D eigenvalue weighted by atomic mass is 14.9. The number of fused-ring (bicyclic) bond motifs is 1. The number of hydrogen-bond acceptors (Lipinski definition) is 1. The molecule has 3 rings (SSSR count). The molecule has 0 aliphatic rings. The van der Waals surface area contributed by atoms with Crippen LogP contribution in [-0.4, -0.2) is 4.98 Å². The number of anilines is 1. The van der Waals surface area contributed by atoms with Gasteiger partial charge in [-0.1, -0.05) is 23.8 Å². The Morgan fingerprint density at radius 1 is 1.00 bits per heavy atom. The highest BCUT2D eigenvalue weighted by Gasteiger charge is 2.09. The molecule has 1 aromatic heterocycles. The van der Waals surface area contributed by atoms with Gasteiger partial charge in [-0.25, -0.2) is 0 Å². The van der Waals surface area contributed by atoms with Gasteiger partial charge in [-0.3, -0.25) is 0 Å². The molecule has 102 valence electrons. The van der Waals surface area contributed by atoms with Crippen molar-refractivity contribution < 1.29 is 0 Å². The summed E-state index contributed by atoms with van der Waals surface area (Å²) in [6, 6.07) is 15.5.